The third kappa shape index (κ3) is 2.35. The van der Waals surface area contributed by atoms with Crippen molar-refractivity contribution in [2.75, 3.05) is 18.0 Å². The molecule has 1 aromatic rings. The van der Waals surface area contributed by atoms with Crippen LogP contribution in [-0.4, -0.2) is 23.1 Å². The first-order valence-corrected chi connectivity index (χ1v) is 5.38. The second-order valence-electron chi connectivity index (χ2n) is 4.21. The van der Waals surface area contributed by atoms with Gasteiger partial charge in [0.15, 0.2) is 0 Å². The number of hydrogen-bond acceptors (Lipinski definition) is 3. The van der Waals surface area contributed by atoms with Gasteiger partial charge in [-0.2, -0.15) is 0 Å². The molecule has 80 valence electrons. The van der Waals surface area contributed by atoms with Gasteiger partial charge in [-0.05, 0) is 33.3 Å². The van der Waals surface area contributed by atoms with Crippen LogP contribution in [0.3, 0.4) is 0 Å². The lowest BCUT2D eigenvalue weighted by Gasteiger charge is -2.26. The maximum absolute atomic E-state index is 4.48. The first-order valence-electron chi connectivity index (χ1n) is 5.38. The Morgan fingerprint density at radius 3 is 2.40 bits per heavy atom. The van der Waals surface area contributed by atoms with Crippen LogP contribution >= 0.6 is 0 Å². The molecule has 0 amide bonds. The Hall–Kier alpha value is -1.38. The molecule has 3 nitrogen and oxygen atoms in total. The van der Waals surface area contributed by atoms with E-state index >= 15 is 0 Å². The molecule has 1 aliphatic heterocycles. The number of nitrogens with zero attached hydrogens (tertiary/aromatic N) is 3. The molecular weight excluding hydrogens is 186 g/mol. The fourth-order valence-electron chi connectivity index (χ4n) is 1.93. The first kappa shape index (κ1) is 10.1. The second-order valence-corrected chi connectivity index (χ2v) is 4.21. The van der Waals surface area contributed by atoms with Gasteiger partial charge < -0.3 is 4.90 Å². The highest BCUT2D eigenvalue weighted by atomic mass is 15.2. The molecule has 0 aromatic carbocycles. The number of aromatic nitrogens is 2. The van der Waals surface area contributed by atoms with Crippen molar-refractivity contribution in [2.24, 2.45) is 0 Å². The Labute approximate surface area is 90.9 Å². The number of aryl methyl sites for hydroxylation is 2. The largest absolute Gasteiger partial charge is 0.337 e. The predicted octanol–water partition coefficient (Wildman–Crippen LogP) is 2.25. The molecule has 0 atom stereocenters. The lowest BCUT2D eigenvalue weighted by molar-refractivity contribution is 0.755. The molecule has 0 saturated heterocycles. The van der Waals surface area contributed by atoms with Gasteiger partial charge >= 0.3 is 0 Å². The molecular formula is C12H17N3. The molecule has 0 N–H and O–H groups in total. The van der Waals surface area contributed by atoms with Crippen LogP contribution in [0.1, 0.15) is 24.7 Å². The molecule has 0 saturated carbocycles. The molecule has 0 radical (unpaired) electrons. The van der Waals surface area contributed by atoms with E-state index in [-0.39, 0.29) is 0 Å². The zero-order valence-electron chi connectivity index (χ0n) is 9.62. The average Bonchev–Trinajstić information content (AvgIpc) is 2.16. The molecule has 0 aliphatic carbocycles. The summed E-state index contributed by atoms with van der Waals surface area (Å²) in [5.41, 5.74) is 3.50. The van der Waals surface area contributed by atoms with Crippen LogP contribution in [0.4, 0.5) is 5.95 Å². The van der Waals surface area contributed by atoms with Gasteiger partial charge in [0.2, 0.25) is 5.95 Å². The van der Waals surface area contributed by atoms with Gasteiger partial charge in [0.25, 0.3) is 0 Å². The van der Waals surface area contributed by atoms with Gasteiger partial charge in [0.05, 0.1) is 0 Å². The van der Waals surface area contributed by atoms with Crippen molar-refractivity contribution >= 4 is 5.95 Å². The van der Waals surface area contributed by atoms with Gasteiger partial charge in [-0.15, -0.1) is 0 Å². The van der Waals surface area contributed by atoms with Crippen molar-refractivity contribution in [3.05, 3.63) is 29.1 Å². The van der Waals surface area contributed by atoms with Crippen LogP contribution in [0, 0.1) is 13.8 Å². The smallest absolute Gasteiger partial charge is 0.226 e. The molecule has 0 fully saturated rings. The van der Waals surface area contributed by atoms with E-state index in [4.69, 9.17) is 0 Å². The molecule has 0 unspecified atom stereocenters. The van der Waals surface area contributed by atoms with Gasteiger partial charge in [0, 0.05) is 24.5 Å². The molecule has 15 heavy (non-hydrogen) atoms. The zero-order chi connectivity index (χ0) is 10.8. The third-order valence-electron chi connectivity index (χ3n) is 2.59. The summed E-state index contributed by atoms with van der Waals surface area (Å²) in [4.78, 5) is 11.2. The summed E-state index contributed by atoms with van der Waals surface area (Å²) >= 11 is 0. The molecule has 0 spiro atoms. The van der Waals surface area contributed by atoms with Crippen LogP contribution in [0.5, 0.6) is 0 Å². The van der Waals surface area contributed by atoms with Crippen molar-refractivity contribution in [3.63, 3.8) is 0 Å². The quantitative estimate of drug-likeness (QED) is 0.655. The summed E-state index contributed by atoms with van der Waals surface area (Å²) in [5, 5.41) is 0. The molecule has 1 aromatic heterocycles. The molecule has 2 heterocycles. The lowest BCUT2D eigenvalue weighted by atomic mass is 10.1. The van der Waals surface area contributed by atoms with E-state index < -0.39 is 0 Å². The maximum atomic E-state index is 4.48. The van der Waals surface area contributed by atoms with Gasteiger partial charge in [-0.1, -0.05) is 11.6 Å². The summed E-state index contributed by atoms with van der Waals surface area (Å²) in [6, 6.07) is 2.01. The number of anilines is 1. The predicted molar refractivity (Wildman–Crippen MR) is 62.1 cm³/mol. The van der Waals surface area contributed by atoms with Crippen LogP contribution < -0.4 is 4.90 Å². The fraction of sp³-hybridized carbons (Fsp3) is 0.500. The molecule has 1 aliphatic rings. The van der Waals surface area contributed by atoms with E-state index in [9.17, 15) is 0 Å². The van der Waals surface area contributed by atoms with Crippen molar-refractivity contribution in [2.45, 2.75) is 27.2 Å². The van der Waals surface area contributed by atoms with Crippen molar-refractivity contribution in [1.82, 2.24) is 9.97 Å². The van der Waals surface area contributed by atoms with Gasteiger partial charge in [-0.3, -0.25) is 0 Å². The van der Waals surface area contributed by atoms with Crippen LogP contribution in [0.15, 0.2) is 17.7 Å². The monoisotopic (exact) mass is 203 g/mol. The zero-order valence-corrected chi connectivity index (χ0v) is 9.62. The Morgan fingerprint density at radius 2 is 1.80 bits per heavy atom. The highest BCUT2D eigenvalue weighted by molar-refractivity contribution is 5.36. The van der Waals surface area contributed by atoms with E-state index in [1.54, 1.807) is 0 Å². The van der Waals surface area contributed by atoms with Crippen LogP contribution in [0.25, 0.3) is 0 Å². The standard InChI is InChI=1S/C12H17N3/c1-9-5-4-6-15(8-9)12-13-10(2)7-11(3)14-12/h5,7H,4,6,8H2,1-3H3. The van der Waals surface area contributed by atoms with Gasteiger partial charge in [0.1, 0.15) is 0 Å². The second kappa shape index (κ2) is 4.01. The topological polar surface area (TPSA) is 29.0 Å². The first-order chi connectivity index (χ1) is 7.15. The van der Waals surface area contributed by atoms with E-state index in [1.807, 2.05) is 19.9 Å². The SMILES string of the molecule is CC1=CCCN(c2nc(C)cc(C)n2)C1. The van der Waals surface area contributed by atoms with Gasteiger partial charge in [-0.25, -0.2) is 9.97 Å². The Kier molecular flexibility index (Phi) is 2.71. The lowest BCUT2D eigenvalue weighted by Crippen LogP contribution is -2.31. The summed E-state index contributed by atoms with van der Waals surface area (Å²) in [5.74, 6) is 0.875. The number of hydrogen-bond donors (Lipinski definition) is 0. The third-order valence-corrected chi connectivity index (χ3v) is 2.59. The van der Waals surface area contributed by atoms with E-state index in [1.165, 1.54) is 5.57 Å². The van der Waals surface area contributed by atoms with E-state index in [0.29, 0.717) is 0 Å². The number of rotatable bonds is 1. The molecule has 3 heteroatoms. The fourth-order valence-corrected chi connectivity index (χ4v) is 1.93. The normalized spacial score (nSPS) is 16.5. The van der Waals surface area contributed by atoms with Crippen LogP contribution in [-0.2, 0) is 0 Å². The minimum Gasteiger partial charge on any atom is -0.337 e. The maximum Gasteiger partial charge on any atom is 0.226 e. The van der Waals surface area contributed by atoms with Crippen molar-refractivity contribution in [3.8, 4) is 0 Å². The summed E-state index contributed by atoms with van der Waals surface area (Å²) in [6.45, 7) is 8.19. The average molecular weight is 203 g/mol. The summed E-state index contributed by atoms with van der Waals surface area (Å²) in [6.07, 6.45) is 3.39. The van der Waals surface area contributed by atoms with E-state index in [2.05, 4.69) is 27.9 Å². The minimum atomic E-state index is 0.875. The van der Waals surface area contributed by atoms with Crippen molar-refractivity contribution in [1.29, 1.82) is 0 Å². The van der Waals surface area contributed by atoms with Crippen molar-refractivity contribution < 1.29 is 0 Å². The minimum absolute atomic E-state index is 0.875. The molecule has 2 rings (SSSR count). The highest BCUT2D eigenvalue weighted by Crippen LogP contribution is 2.16. The van der Waals surface area contributed by atoms with E-state index in [0.717, 1.165) is 36.8 Å². The Bertz CT molecular complexity index is 376. The Morgan fingerprint density at radius 1 is 1.13 bits per heavy atom. The summed E-state index contributed by atoms with van der Waals surface area (Å²) < 4.78 is 0. The molecule has 0 bridgehead atoms. The summed E-state index contributed by atoms with van der Waals surface area (Å²) in [7, 11) is 0. The van der Waals surface area contributed by atoms with Crippen LogP contribution in [0.2, 0.25) is 0 Å². The highest BCUT2D eigenvalue weighted by Gasteiger charge is 2.13. The Balaban J connectivity index is 2.26.